The first kappa shape index (κ1) is 20.5. The highest BCUT2D eigenvalue weighted by Crippen LogP contribution is 2.19. The van der Waals surface area contributed by atoms with Crippen molar-refractivity contribution in [2.75, 3.05) is 19.7 Å². The van der Waals surface area contributed by atoms with Crippen molar-refractivity contribution in [3.63, 3.8) is 0 Å². The van der Waals surface area contributed by atoms with Gasteiger partial charge in [0.1, 0.15) is 18.5 Å². The van der Waals surface area contributed by atoms with Gasteiger partial charge in [-0.3, -0.25) is 9.88 Å². The molecule has 1 atom stereocenters. The third-order valence-corrected chi connectivity index (χ3v) is 5.43. The fraction of sp³-hybridized carbons (Fsp3) is 0.320. The van der Waals surface area contributed by atoms with E-state index in [4.69, 9.17) is 4.74 Å². The van der Waals surface area contributed by atoms with Crippen LogP contribution in [-0.4, -0.2) is 40.8 Å². The molecule has 2 aromatic carbocycles. The van der Waals surface area contributed by atoms with Gasteiger partial charge in [0, 0.05) is 45.1 Å². The zero-order valence-electron chi connectivity index (χ0n) is 17.2. The molecule has 5 heteroatoms. The Morgan fingerprint density at radius 1 is 0.967 bits per heavy atom. The van der Waals surface area contributed by atoms with Gasteiger partial charge >= 0.3 is 0 Å². The Hall–Kier alpha value is -2.73. The van der Waals surface area contributed by atoms with Crippen molar-refractivity contribution in [3.8, 4) is 5.75 Å². The molecule has 156 valence electrons. The van der Waals surface area contributed by atoms with Gasteiger partial charge in [-0.05, 0) is 46.9 Å². The van der Waals surface area contributed by atoms with Crippen LogP contribution < -0.4 is 10.1 Å². The van der Waals surface area contributed by atoms with Crippen LogP contribution in [0.2, 0.25) is 0 Å². The van der Waals surface area contributed by atoms with E-state index in [0.717, 1.165) is 38.3 Å². The number of fused-ring (bicyclic) bond motifs is 1. The van der Waals surface area contributed by atoms with Crippen LogP contribution in [-0.2, 0) is 26.1 Å². The predicted molar refractivity (Wildman–Crippen MR) is 118 cm³/mol. The number of hydrogen-bond donors (Lipinski definition) is 2. The lowest BCUT2D eigenvalue weighted by molar-refractivity contribution is 0.0638. The van der Waals surface area contributed by atoms with Crippen LogP contribution in [0.1, 0.15) is 22.3 Å². The number of pyridine rings is 1. The summed E-state index contributed by atoms with van der Waals surface area (Å²) in [6.45, 7) is 4.39. The average Bonchev–Trinajstić information content (AvgIpc) is 2.79. The zero-order chi connectivity index (χ0) is 20.6. The Morgan fingerprint density at radius 3 is 2.57 bits per heavy atom. The molecule has 0 aliphatic carbocycles. The van der Waals surface area contributed by atoms with Gasteiger partial charge in [-0.25, -0.2) is 0 Å². The van der Waals surface area contributed by atoms with E-state index in [9.17, 15) is 5.11 Å². The highest BCUT2D eigenvalue weighted by molar-refractivity contribution is 5.29. The molecule has 5 nitrogen and oxygen atoms in total. The number of ether oxygens (including phenoxy) is 1. The van der Waals surface area contributed by atoms with Gasteiger partial charge in [0.05, 0.1) is 0 Å². The molecule has 0 amide bonds. The molecule has 30 heavy (non-hydrogen) atoms. The SMILES string of the molecule is OC(COc1ccc(CNCc2cccnc2)cc1)CN1CCc2ccccc2C1. The third kappa shape index (κ3) is 5.89. The lowest BCUT2D eigenvalue weighted by atomic mass is 10.00. The van der Waals surface area contributed by atoms with E-state index in [1.54, 1.807) is 6.20 Å². The van der Waals surface area contributed by atoms with Crippen LogP contribution >= 0.6 is 0 Å². The largest absolute Gasteiger partial charge is 0.491 e. The number of benzene rings is 2. The van der Waals surface area contributed by atoms with Crippen LogP contribution in [0.3, 0.4) is 0 Å². The molecule has 0 saturated heterocycles. The summed E-state index contributed by atoms with van der Waals surface area (Å²) < 4.78 is 5.80. The van der Waals surface area contributed by atoms with Crippen LogP contribution in [0, 0.1) is 0 Å². The quantitative estimate of drug-likeness (QED) is 0.575. The maximum absolute atomic E-state index is 10.4. The summed E-state index contributed by atoms with van der Waals surface area (Å²) in [5.74, 6) is 0.786. The number of nitrogens with zero attached hydrogens (tertiary/aromatic N) is 2. The van der Waals surface area contributed by atoms with Gasteiger partial charge in [0.15, 0.2) is 0 Å². The molecule has 0 fully saturated rings. The molecule has 1 aliphatic heterocycles. The van der Waals surface area contributed by atoms with Gasteiger partial charge in [-0.15, -0.1) is 0 Å². The predicted octanol–water partition coefficient (Wildman–Crippen LogP) is 3.17. The Labute approximate surface area is 178 Å². The topological polar surface area (TPSA) is 57.6 Å². The summed E-state index contributed by atoms with van der Waals surface area (Å²) in [5.41, 5.74) is 5.15. The minimum Gasteiger partial charge on any atom is -0.491 e. The number of nitrogens with one attached hydrogen (secondary N) is 1. The average molecular weight is 404 g/mol. The molecule has 0 spiro atoms. The van der Waals surface area contributed by atoms with E-state index < -0.39 is 6.10 Å². The maximum Gasteiger partial charge on any atom is 0.119 e. The number of rotatable bonds is 9. The number of aliphatic hydroxyl groups excluding tert-OH is 1. The Bertz CT molecular complexity index is 915. The molecule has 0 bridgehead atoms. The Balaban J connectivity index is 1.18. The minimum absolute atomic E-state index is 0.302. The highest BCUT2D eigenvalue weighted by atomic mass is 16.5. The lowest BCUT2D eigenvalue weighted by Crippen LogP contribution is -2.38. The molecule has 2 heterocycles. The minimum atomic E-state index is -0.504. The van der Waals surface area contributed by atoms with E-state index in [-0.39, 0.29) is 0 Å². The summed E-state index contributed by atoms with van der Waals surface area (Å²) in [7, 11) is 0. The van der Waals surface area contributed by atoms with Gasteiger partial charge in [0.25, 0.3) is 0 Å². The molecular formula is C25H29N3O2. The van der Waals surface area contributed by atoms with Gasteiger partial charge in [0.2, 0.25) is 0 Å². The second kappa shape index (κ2) is 10.3. The number of hydrogen-bond acceptors (Lipinski definition) is 5. The normalized spacial score (nSPS) is 14.8. The first-order valence-electron chi connectivity index (χ1n) is 10.5. The van der Waals surface area contributed by atoms with Crippen LogP contribution in [0.5, 0.6) is 5.75 Å². The second-order valence-electron chi connectivity index (χ2n) is 7.83. The van der Waals surface area contributed by atoms with E-state index in [0.29, 0.717) is 13.2 Å². The lowest BCUT2D eigenvalue weighted by Gasteiger charge is -2.30. The van der Waals surface area contributed by atoms with Gasteiger partial charge < -0.3 is 15.2 Å². The first-order chi connectivity index (χ1) is 14.8. The maximum atomic E-state index is 10.4. The Morgan fingerprint density at radius 2 is 1.77 bits per heavy atom. The summed E-state index contributed by atoms with van der Waals surface area (Å²) >= 11 is 0. The monoisotopic (exact) mass is 403 g/mol. The van der Waals surface area contributed by atoms with Crippen LogP contribution in [0.4, 0.5) is 0 Å². The molecule has 1 aromatic heterocycles. The van der Waals surface area contributed by atoms with Crippen molar-refractivity contribution in [2.45, 2.75) is 32.2 Å². The van der Waals surface area contributed by atoms with Crippen molar-refractivity contribution in [2.24, 2.45) is 0 Å². The molecule has 3 aromatic rings. The van der Waals surface area contributed by atoms with Crippen molar-refractivity contribution in [1.82, 2.24) is 15.2 Å². The fourth-order valence-electron chi connectivity index (χ4n) is 3.81. The Kier molecular flexibility index (Phi) is 7.08. The number of aromatic nitrogens is 1. The molecule has 0 radical (unpaired) electrons. The van der Waals surface area contributed by atoms with Crippen molar-refractivity contribution >= 4 is 0 Å². The third-order valence-electron chi connectivity index (χ3n) is 5.43. The molecule has 0 saturated carbocycles. The van der Waals surface area contributed by atoms with Gasteiger partial charge in [-0.1, -0.05) is 42.5 Å². The van der Waals surface area contributed by atoms with E-state index in [1.165, 1.54) is 22.3 Å². The number of β-amino-alcohol motifs (C(OH)–C–C–N with tert-alkyl or cyclic N) is 1. The zero-order valence-corrected chi connectivity index (χ0v) is 17.2. The van der Waals surface area contributed by atoms with Crippen LogP contribution in [0.25, 0.3) is 0 Å². The van der Waals surface area contributed by atoms with Crippen LogP contribution in [0.15, 0.2) is 73.1 Å². The van der Waals surface area contributed by atoms with Crippen molar-refractivity contribution in [3.05, 3.63) is 95.3 Å². The van der Waals surface area contributed by atoms with Crippen molar-refractivity contribution in [1.29, 1.82) is 0 Å². The first-order valence-corrected chi connectivity index (χ1v) is 10.5. The summed E-state index contributed by atoms with van der Waals surface area (Å²) in [4.78, 5) is 6.42. The summed E-state index contributed by atoms with van der Waals surface area (Å²) in [6, 6.07) is 20.6. The standard InChI is InChI=1S/C25H29N3O2/c29-24(18-28-13-11-22-5-1-2-6-23(22)17-28)19-30-25-9-7-20(8-10-25)14-27-16-21-4-3-12-26-15-21/h1-10,12,15,24,27,29H,11,13-14,16-19H2. The molecule has 1 aliphatic rings. The van der Waals surface area contributed by atoms with E-state index in [2.05, 4.69) is 57.7 Å². The smallest absolute Gasteiger partial charge is 0.119 e. The number of aliphatic hydroxyl groups is 1. The molecule has 4 rings (SSSR count). The summed E-state index contributed by atoms with van der Waals surface area (Å²) in [6.07, 6.45) is 4.19. The second-order valence-corrected chi connectivity index (χ2v) is 7.83. The molecule has 2 N–H and O–H groups in total. The molecule has 1 unspecified atom stereocenters. The summed E-state index contributed by atoms with van der Waals surface area (Å²) in [5, 5.41) is 13.8. The van der Waals surface area contributed by atoms with E-state index >= 15 is 0 Å². The van der Waals surface area contributed by atoms with Gasteiger partial charge in [-0.2, -0.15) is 0 Å². The molecular weight excluding hydrogens is 374 g/mol. The van der Waals surface area contributed by atoms with Crippen molar-refractivity contribution < 1.29 is 9.84 Å². The van der Waals surface area contributed by atoms with E-state index in [1.807, 2.05) is 24.4 Å². The fourth-order valence-corrected chi connectivity index (χ4v) is 3.81. The highest BCUT2D eigenvalue weighted by Gasteiger charge is 2.18.